The molecule has 0 heterocycles. The Morgan fingerprint density at radius 2 is 1.92 bits per heavy atom. The minimum atomic E-state index is -0.769. The highest BCUT2D eigenvalue weighted by atomic mass is 35.5. The van der Waals surface area contributed by atoms with Crippen LogP contribution in [0, 0.1) is 5.92 Å². The van der Waals surface area contributed by atoms with E-state index in [0.29, 0.717) is 17.0 Å². The van der Waals surface area contributed by atoms with Gasteiger partial charge < -0.3 is 14.8 Å². The van der Waals surface area contributed by atoms with Crippen molar-refractivity contribution >= 4 is 35.5 Å². The lowest BCUT2D eigenvalue weighted by Gasteiger charge is -2.18. The van der Waals surface area contributed by atoms with Gasteiger partial charge in [-0.25, -0.2) is 9.59 Å². The van der Waals surface area contributed by atoms with E-state index in [1.165, 1.54) is 19.3 Å². The molecule has 0 radical (unpaired) electrons. The molecule has 25 heavy (non-hydrogen) atoms. The average Bonchev–Trinajstić information content (AvgIpc) is 2.57. The maximum Gasteiger partial charge on any atom is 0.331 e. The van der Waals surface area contributed by atoms with Crippen molar-refractivity contribution in [3.63, 3.8) is 0 Å². The van der Waals surface area contributed by atoms with Crippen LogP contribution in [0.4, 0.5) is 0 Å². The first-order chi connectivity index (χ1) is 11.8. The molecule has 1 rings (SSSR count). The molecular formula is C18H22ClNO5. The van der Waals surface area contributed by atoms with Crippen LogP contribution < -0.4 is 5.32 Å². The molecule has 0 aromatic heterocycles. The van der Waals surface area contributed by atoms with Gasteiger partial charge >= 0.3 is 11.9 Å². The molecule has 0 spiro atoms. The molecular weight excluding hydrogens is 346 g/mol. The molecule has 7 heteroatoms. The van der Waals surface area contributed by atoms with Crippen LogP contribution in [-0.2, 0) is 23.9 Å². The average molecular weight is 368 g/mol. The van der Waals surface area contributed by atoms with E-state index in [0.717, 1.165) is 0 Å². The zero-order valence-electron chi connectivity index (χ0n) is 14.5. The molecule has 1 atom stereocenters. The number of carbonyl (C=O) groups is 3. The van der Waals surface area contributed by atoms with Crippen molar-refractivity contribution in [2.45, 2.75) is 26.3 Å². The SMILES string of the molecule is COC(=O)C(CC(C)C)NC(=O)COC(=O)/C=C/c1ccccc1Cl. The molecule has 1 aromatic carbocycles. The summed E-state index contributed by atoms with van der Waals surface area (Å²) in [6.07, 6.45) is 3.11. The zero-order chi connectivity index (χ0) is 18.8. The third-order valence-corrected chi connectivity index (χ3v) is 3.52. The fraction of sp³-hybridized carbons (Fsp3) is 0.389. The number of amides is 1. The number of esters is 2. The van der Waals surface area contributed by atoms with Gasteiger partial charge in [0.1, 0.15) is 6.04 Å². The largest absolute Gasteiger partial charge is 0.467 e. The molecule has 0 saturated carbocycles. The predicted molar refractivity (Wildman–Crippen MR) is 94.8 cm³/mol. The number of rotatable bonds is 8. The number of ether oxygens (including phenoxy) is 2. The first-order valence-corrected chi connectivity index (χ1v) is 8.17. The predicted octanol–water partition coefficient (Wildman–Crippen LogP) is 2.60. The van der Waals surface area contributed by atoms with Crippen molar-refractivity contribution in [3.05, 3.63) is 40.9 Å². The molecule has 0 saturated heterocycles. The van der Waals surface area contributed by atoms with Crippen molar-refractivity contribution < 1.29 is 23.9 Å². The molecule has 1 aromatic rings. The topological polar surface area (TPSA) is 81.7 Å². The highest BCUT2D eigenvalue weighted by Crippen LogP contribution is 2.16. The monoisotopic (exact) mass is 367 g/mol. The highest BCUT2D eigenvalue weighted by molar-refractivity contribution is 6.32. The fourth-order valence-electron chi connectivity index (χ4n) is 2.02. The molecule has 0 aliphatic heterocycles. The first-order valence-electron chi connectivity index (χ1n) is 7.80. The minimum Gasteiger partial charge on any atom is -0.467 e. The second-order valence-corrected chi connectivity index (χ2v) is 6.14. The molecule has 6 nitrogen and oxygen atoms in total. The Kier molecular flexibility index (Phi) is 8.70. The molecule has 136 valence electrons. The summed E-state index contributed by atoms with van der Waals surface area (Å²) in [5.74, 6) is -1.61. The summed E-state index contributed by atoms with van der Waals surface area (Å²) in [5, 5.41) is 3.00. The van der Waals surface area contributed by atoms with E-state index in [4.69, 9.17) is 16.3 Å². The van der Waals surface area contributed by atoms with Crippen LogP contribution in [0.1, 0.15) is 25.8 Å². The molecule has 1 unspecified atom stereocenters. The van der Waals surface area contributed by atoms with Crippen molar-refractivity contribution in [1.82, 2.24) is 5.32 Å². The van der Waals surface area contributed by atoms with Crippen molar-refractivity contribution in [1.29, 1.82) is 0 Å². The Morgan fingerprint density at radius 1 is 1.24 bits per heavy atom. The van der Waals surface area contributed by atoms with Crippen LogP contribution in [0.25, 0.3) is 6.08 Å². The summed E-state index contributed by atoms with van der Waals surface area (Å²) >= 11 is 5.97. The molecule has 1 amide bonds. The van der Waals surface area contributed by atoms with Gasteiger partial charge in [0, 0.05) is 11.1 Å². The number of benzene rings is 1. The normalized spacial score (nSPS) is 12.0. The maximum atomic E-state index is 11.8. The molecule has 0 aliphatic carbocycles. The first kappa shape index (κ1) is 20.7. The Balaban J connectivity index is 2.50. The van der Waals surface area contributed by atoms with Crippen LogP contribution in [0.5, 0.6) is 0 Å². The maximum absolute atomic E-state index is 11.8. The van der Waals surface area contributed by atoms with Gasteiger partial charge in [-0.15, -0.1) is 0 Å². The van der Waals surface area contributed by atoms with Crippen LogP contribution in [-0.4, -0.2) is 37.6 Å². The van der Waals surface area contributed by atoms with Gasteiger partial charge in [0.2, 0.25) is 0 Å². The van der Waals surface area contributed by atoms with Crippen LogP contribution in [0.15, 0.2) is 30.3 Å². The minimum absolute atomic E-state index is 0.186. The van der Waals surface area contributed by atoms with Gasteiger partial charge in [-0.1, -0.05) is 43.6 Å². The summed E-state index contributed by atoms with van der Waals surface area (Å²) in [4.78, 5) is 35.2. The summed E-state index contributed by atoms with van der Waals surface area (Å²) < 4.78 is 9.51. The summed E-state index contributed by atoms with van der Waals surface area (Å²) in [6.45, 7) is 3.35. The summed E-state index contributed by atoms with van der Waals surface area (Å²) in [5.41, 5.74) is 0.660. The van der Waals surface area contributed by atoms with E-state index >= 15 is 0 Å². The van der Waals surface area contributed by atoms with Gasteiger partial charge in [-0.2, -0.15) is 0 Å². The lowest BCUT2D eigenvalue weighted by Crippen LogP contribution is -2.44. The second-order valence-electron chi connectivity index (χ2n) is 5.74. The number of nitrogens with one attached hydrogen (secondary N) is 1. The van der Waals surface area contributed by atoms with Crippen molar-refractivity contribution in [3.8, 4) is 0 Å². The molecule has 0 fully saturated rings. The highest BCUT2D eigenvalue weighted by Gasteiger charge is 2.22. The molecule has 0 bridgehead atoms. The standard InChI is InChI=1S/C18H22ClNO5/c1-12(2)10-15(18(23)24-3)20-16(21)11-25-17(22)9-8-13-6-4-5-7-14(13)19/h4-9,12,15H,10-11H2,1-3H3,(H,20,21)/b9-8+. The van der Waals surface area contributed by atoms with Crippen LogP contribution in [0.3, 0.4) is 0 Å². The third-order valence-electron chi connectivity index (χ3n) is 3.18. The smallest absolute Gasteiger partial charge is 0.331 e. The van der Waals surface area contributed by atoms with Gasteiger partial charge in [0.15, 0.2) is 6.61 Å². The number of hydrogen-bond acceptors (Lipinski definition) is 5. The Bertz CT molecular complexity index is 642. The van der Waals surface area contributed by atoms with Crippen molar-refractivity contribution in [2.24, 2.45) is 5.92 Å². The lowest BCUT2D eigenvalue weighted by molar-refractivity contribution is -0.148. The zero-order valence-corrected chi connectivity index (χ0v) is 15.2. The van der Waals surface area contributed by atoms with Crippen LogP contribution >= 0.6 is 11.6 Å². The van der Waals surface area contributed by atoms with Gasteiger partial charge in [-0.05, 0) is 30.0 Å². The van der Waals surface area contributed by atoms with E-state index in [9.17, 15) is 14.4 Å². The number of hydrogen-bond donors (Lipinski definition) is 1. The Hall–Kier alpha value is -2.34. The quantitative estimate of drug-likeness (QED) is 0.564. The third kappa shape index (κ3) is 7.85. The number of methoxy groups -OCH3 is 1. The van der Waals surface area contributed by atoms with E-state index < -0.39 is 30.5 Å². The van der Waals surface area contributed by atoms with Crippen molar-refractivity contribution in [2.75, 3.05) is 13.7 Å². The van der Waals surface area contributed by atoms with Gasteiger partial charge in [0.25, 0.3) is 5.91 Å². The summed E-state index contributed by atoms with van der Waals surface area (Å²) in [6, 6.07) is 6.23. The van der Waals surface area contributed by atoms with E-state index in [2.05, 4.69) is 10.1 Å². The lowest BCUT2D eigenvalue weighted by atomic mass is 10.0. The Morgan fingerprint density at radius 3 is 2.52 bits per heavy atom. The molecule has 1 N–H and O–H groups in total. The van der Waals surface area contributed by atoms with E-state index in [-0.39, 0.29) is 5.92 Å². The van der Waals surface area contributed by atoms with Gasteiger partial charge in [-0.3, -0.25) is 4.79 Å². The fourth-order valence-corrected chi connectivity index (χ4v) is 2.22. The number of carbonyl (C=O) groups excluding carboxylic acids is 3. The summed E-state index contributed by atoms with van der Waals surface area (Å²) in [7, 11) is 1.25. The number of halogens is 1. The van der Waals surface area contributed by atoms with Crippen LogP contribution in [0.2, 0.25) is 5.02 Å². The molecule has 0 aliphatic rings. The Labute approximate surface area is 152 Å². The van der Waals surface area contributed by atoms with Gasteiger partial charge in [0.05, 0.1) is 7.11 Å². The van der Waals surface area contributed by atoms with E-state index in [1.807, 2.05) is 13.8 Å². The second kappa shape index (κ2) is 10.5. The van der Waals surface area contributed by atoms with E-state index in [1.54, 1.807) is 24.3 Å².